The molecule has 0 saturated heterocycles. The lowest BCUT2D eigenvalue weighted by Crippen LogP contribution is -2.13. The third-order valence-corrected chi connectivity index (χ3v) is 5.06. The van der Waals surface area contributed by atoms with Crippen LogP contribution in [0, 0.1) is 0 Å². The molecule has 2 N–H and O–H groups in total. The molecule has 102 valence electrons. The molecule has 0 fully saturated rings. The molecule has 1 heterocycles. The van der Waals surface area contributed by atoms with Crippen molar-refractivity contribution in [2.24, 2.45) is 5.73 Å². The fraction of sp³-hybridized carbons (Fsp3) is 0.333. The quantitative estimate of drug-likeness (QED) is 0.880. The van der Waals surface area contributed by atoms with Gasteiger partial charge in [0, 0.05) is 26.7 Å². The molecule has 0 radical (unpaired) electrons. The molecule has 1 atom stereocenters. The number of halogens is 1. The Hall–Kier alpha value is -0.840. The number of methoxy groups -OCH3 is 1. The van der Waals surface area contributed by atoms with E-state index in [-0.39, 0.29) is 6.04 Å². The minimum atomic E-state index is -0.0205. The first-order valence-corrected chi connectivity index (χ1v) is 7.91. The van der Waals surface area contributed by atoms with Crippen LogP contribution in [0.15, 0.2) is 34.8 Å². The van der Waals surface area contributed by atoms with Crippen LogP contribution in [-0.4, -0.2) is 7.11 Å². The highest BCUT2D eigenvalue weighted by atomic mass is 79.9. The van der Waals surface area contributed by atoms with E-state index in [1.54, 1.807) is 7.11 Å². The smallest absolute Gasteiger partial charge is 0.119 e. The fourth-order valence-corrected chi connectivity index (χ4v) is 3.54. The summed E-state index contributed by atoms with van der Waals surface area (Å²) in [6.45, 7) is 2.17. The van der Waals surface area contributed by atoms with Crippen LogP contribution < -0.4 is 10.5 Å². The SMILES string of the molecule is CCc1ccc(CC(N)c2cc(OC)ccc2Br)s1. The largest absolute Gasteiger partial charge is 0.497 e. The molecule has 0 aliphatic carbocycles. The molecule has 0 aliphatic rings. The molecule has 0 saturated carbocycles. The molecule has 0 amide bonds. The van der Waals surface area contributed by atoms with Crippen LogP contribution in [0.4, 0.5) is 0 Å². The van der Waals surface area contributed by atoms with Crippen LogP contribution in [0.1, 0.15) is 28.3 Å². The molecular formula is C15H18BrNOS. The molecule has 1 aromatic carbocycles. The summed E-state index contributed by atoms with van der Waals surface area (Å²) in [7, 11) is 1.67. The Morgan fingerprint density at radius 3 is 2.63 bits per heavy atom. The minimum Gasteiger partial charge on any atom is -0.497 e. The Morgan fingerprint density at radius 1 is 1.26 bits per heavy atom. The van der Waals surface area contributed by atoms with Gasteiger partial charge in [-0.05, 0) is 42.3 Å². The first-order chi connectivity index (χ1) is 9.13. The number of rotatable bonds is 5. The molecule has 0 aliphatic heterocycles. The zero-order valence-electron chi connectivity index (χ0n) is 11.2. The molecule has 19 heavy (non-hydrogen) atoms. The lowest BCUT2D eigenvalue weighted by molar-refractivity contribution is 0.413. The van der Waals surface area contributed by atoms with Crippen molar-refractivity contribution in [3.63, 3.8) is 0 Å². The van der Waals surface area contributed by atoms with Gasteiger partial charge in [-0.3, -0.25) is 0 Å². The van der Waals surface area contributed by atoms with Gasteiger partial charge in [-0.2, -0.15) is 0 Å². The predicted octanol–water partition coefficient (Wildman–Crippen LogP) is 4.32. The maximum atomic E-state index is 6.32. The van der Waals surface area contributed by atoms with Gasteiger partial charge in [0.2, 0.25) is 0 Å². The lowest BCUT2D eigenvalue weighted by Gasteiger charge is -2.14. The van der Waals surface area contributed by atoms with E-state index >= 15 is 0 Å². The van der Waals surface area contributed by atoms with Gasteiger partial charge in [0.15, 0.2) is 0 Å². The Bertz CT molecular complexity index is 553. The number of hydrogen-bond donors (Lipinski definition) is 1. The molecule has 1 aromatic heterocycles. The van der Waals surface area contributed by atoms with E-state index in [1.165, 1.54) is 9.75 Å². The van der Waals surface area contributed by atoms with Crippen molar-refractivity contribution in [3.8, 4) is 5.75 Å². The van der Waals surface area contributed by atoms with E-state index in [9.17, 15) is 0 Å². The molecule has 2 nitrogen and oxygen atoms in total. The third-order valence-electron chi connectivity index (χ3n) is 3.09. The highest BCUT2D eigenvalue weighted by Gasteiger charge is 2.13. The van der Waals surface area contributed by atoms with Crippen molar-refractivity contribution in [1.82, 2.24) is 0 Å². The number of hydrogen-bond acceptors (Lipinski definition) is 3. The normalized spacial score (nSPS) is 12.4. The predicted molar refractivity (Wildman–Crippen MR) is 85.0 cm³/mol. The number of nitrogens with two attached hydrogens (primary N) is 1. The number of aryl methyl sites for hydroxylation is 1. The second-order valence-electron chi connectivity index (χ2n) is 4.42. The highest BCUT2D eigenvalue weighted by molar-refractivity contribution is 9.10. The van der Waals surface area contributed by atoms with Crippen LogP contribution in [-0.2, 0) is 12.8 Å². The zero-order chi connectivity index (χ0) is 13.8. The molecule has 0 spiro atoms. The standard InChI is InChI=1S/C15H18BrNOS/c1-3-11-5-6-12(19-11)9-15(17)13-8-10(18-2)4-7-14(13)16/h4-8,15H,3,9,17H2,1-2H3. The summed E-state index contributed by atoms with van der Waals surface area (Å²) >= 11 is 5.41. The Balaban J connectivity index is 2.16. The Labute approximate surface area is 126 Å². The van der Waals surface area contributed by atoms with Crippen molar-refractivity contribution < 1.29 is 4.74 Å². The monoisotopic (exact) mass is 339 g/mol. The van der Waals surface area contributed by atoms with Crippen LogP contribution in [0.3, 0.4) is 0 Å². The third kappa shape index (κ3) is 3.59. The summed E-state index contributed by atoms with van der Waals surface area (Å²) in [5.74, 6) is 0.842. The van der Waals surface area contributed by atoms with Gasteiger partial charge in [0.05, 0.1) is 7.11 Å². The van der Waals surface area contributed by atoms with Crippen molar-refractivity contribution in [3.05, 3.63) is 50.1 Å². The molecule has 1 unspecified atom stereocenters. The molecular weight excluding hydrogens is 322 g/mol. The number of ether oxygens (including phenoxy) is 1. The fourth-order valence-electron chi connectivity index (χ4n) is 1.98. The van der Waals surface area contributed by atoms with E-state index in [1.807, 2.05) is 29.5 Å². The first kappa shape index (κ1) is 14.6. The topological polar surface area (TPSA) is 35.2 Å². The Morgan fingerprint density at radius 2 is 2.00 bits per heavy atom. The van der Waals surface area contributed by atoms with Gasteiger partial charge in [0.25, 0.3) is 0 Å². The van der Waals surface area contributed by atoms with E-state index < -0.39 is 0 Å². The average molecular weight is 340 g/mol. The Kier molecular flexibility index (Phi) is 5.02. The summed E-state index contributed by atoms with van der Waals surface area (Å²) in [6.07, 6.45) is 1.94. The average Bonchev–Trinajstić information content (AvgIpc) is 2.87. The van der Waals surface area contributed by atoms with Crippen molar-refractivity contribution >= 4 is 27.3 Å². The summed E-state index contributed by atoms with van der Waals surface area (Å²) < 4.78 is 6.29. The molecule has 2 rings (SSSR count). The van der Waals surface area contributed by atoms with Gasteiger partial charge >= 0.3 is 0 Å². The van der Waals surface area contributed by atoms with E-state index in [4.69, 9.17) is 10.5 Å². The van der Waals surface area contributed by atoms with E-state index in [2.05, 4.69) is 35.0 Å². The number of thiophene rings is 1. The van der Waals surface area contributed by atoms with Gasteiger partial charge < -0.3 is 10.5 Å². The zero-order valence-corrected chi connectivity index (χ0v) is 13.6. The van der Waals surface area contributed by atoms with E-state index in [0.717, 1.165) is 28.6 Å². The number of benzene rings is 1. The van der Waals surface area contributed by atoms with E-state index in [0.29, 0.717) is 0 Å². The van der Waals surface area contributed by atoms with Gasteiger partial charge in [-0.25, -0.2) is 0 Å². The van der Waals surface area contributed by atoms with Crippen molar-refractivity contribution in [2.75, 3.05) is 7.11 Å². The molecule has 4 heteroatoms. The van der Waals surface area contributed by atoms with Gasteiger partial charge in [0.1, 0.15) is 5.75 Å². The lowest BCUT2D eigenvalue weighted by atomic mass is 10.0. The minimum absolute atomic E-state index is 0.0205. The van der Waals surface area contributed by atoms with Gasteiger partial charge in [-0.15, -0.1) is 11.3 Å². The van der Waals surface area contributed by atoms with Crippen LogP contribution >= 0.6 is 27.3 Å². The summed E-state index contributed by atoms with van der Waals surface area (Å²) in [4.78, 5) is 2.74. The molecule has 0 bridgehead atoms. The van der Waals surface area contributed by atoms with Crippen LogP contribution in [0.2, 0.25) is 0 Å². The first-order valence-electron chi connectivity index (χ1n) is 6.30. The van der Waals surface area contributed by atoms with Crippen molar-refractivity contribution in [1.29, 1.82) is 0 Å². The summed E-state index contributed by atoms with van der Waals surface area (Å²) in [5, 5.41) is 0. The maximum Gasteiger partial charge on any atom is 0.119 e. The molecule has 2 aromatic rings. The van der Waals surface area contributed by atoms with Crippen LogP contribution in [0.5, 0.6) is 5.75 Å². The highest BCUT2D eigenvalue weighted by Crippen LogP contribution is 2.30. The van der Waals surface area contributed by atoms with Crippen molar-refractivity contribution in [2.45, 2.75) is 25.8 Å². The van der Waals surface area contributed by atoms with Crippen LogP contribution in [0.25, 0.3) is 0 Å². The maximum absolute atomic E-state index is 6.32. The summed E-state index contributed by atoms with van der Waals surface area (Å²) in [5.41, 5.74) is 7.41. The second-order valence-corrected chi connectivity index (χ2v) is 6.53. The summed E-state index contributed by atoms with van der Waals surface area (Å²) in [6, 6.07) is 10.3. The second kappa shape index (κ2) is 6.55. The van der Waals surface area contributed by atoms with Gasteiger partial charge in [-0.1, -0.05) is 22.9 Å².